The van der Waals surface area contributed by atoms with Crippen LogP contribution in [0, 0.1) is 0 Å². The highest BCUT2D eigenvalue weighted by Gasteiger charge is 2.08. The first kappa shape index (κ1) is 15.6. The van der Waals surface area contributed by atoms with Gasteiger partial charge in [-0.1, -0.05) is 67.6 Å². The van der Waals surface area contributed by atoms with Crippen molar-refractivity contribution in [3.8, 4) is 0 Å². The molecule has 23 heavy (non-hydrogen) atoms. The summed E-state index contributed by atoms with van der Waals surface area (Å²) in [5.74, 6) is 0. The van der Waals surface area contributed by atoms with E-state index in [0.29, 0.717) is 0 Å². The third kappa shape index (κ3) is 4.12. The molecule has 0 aromatic heterocycles. The van der Waals surface area contributed by atoms with Gasteiger partial charge < -0.3 is 0 Å². The molecule has 0 amide bonds. The lowest BCUT2D eigenvalue weighted by atomic mass is 10.00. The summed E-state index contributed by atoms with van der Waals surface area (Å²) in [5, 5.41) is 0. The summed E-state index contributed by atoms with van der Waals surface area (Å²) < 4.78 is 0. The normalized spacial score (nSPS) is 15.6. The highest BCUT2D eigenvalue weighted by Crippen LogP contribution is 2.26. The van der Waals surface area contributed by atoms with Crippen molar-refractivity contribution in [2.24, 2.45) is 0 Å². The number of rotatable bonds is 8. The second kappa shape index (κ2) is 7.81. The fourth-order valence-electron chi connectivity index (χ4n) is 3.19. The van der Waals surface area contributed by atoms with E-state index < -0.39 is 0 Å². The van der Waals surface area contributed by atoms with Crippen LogP contribution >= 0.6 is 0 Å². The molecule has 2 aliphatic carbocycles. The smallest absolute Gasteiger partial charge is 0.0202 e. The van der Waals surface area contributed by atoms with Crippen molar-refractivity contribution in [2.45, 2.75) is 38.5 Å². The van der Waals surface area contributed by atoms with Crippen LogP contribution in [-0.4, -0.2) is 0 Å². The van der Waals surface area contributed by atoms with Crippen molar-refractivity contribution in [1.82, 2.24) is 0 Å². The number of benzene rings is 1. The average molecular weight is 300 g/mol. The van der Waals surface area contributed by atoms with Crippen molar-refractivity contribution >= 4 is 6.08 Å². The van der Waals surface area contributed by atoms with Gasteiger partial charge in [0.15, 0.2) is 0 Å². The molecule has 0 heterocycles. The molecule has 1 aromatic carbocycles. The summed E-state index contributed by atoms with van der Waals surface area (Å²) in [4.78, 5) is 0. The maximum absolute atomic E-state index is 3.90. The predicted molar refractivity (Wildman–Crippen MR) is 100 cm³/mol. The summed E-state index contributed by atoms with van der Waals surface area (Å²) >= 11 is 0. The van der Waals surface area contributed by atoms with E-state index >= 15 is 0 Å². The highest BCUT2D eigenvalue weighted by molar-refractivity contribution is 5.52. The van der Waals surface area contributed by atoms with Gasteiger partial charge in [0, 0.05) is 5.57 Å². The Labute approximate surface area is 139 Å². The van der Waals surface area contributed by atoms with Crippen LogP contribution in [0.25, 0.3) is 6.08 Å². The molecule has 1 aromatic rings. The molecule has 0 nitrogen and oxygen atoms in total. The summed E-state index contributed by atoms with van der Waals surface area (Å²) in [6.45, 7) is 3.90. The number of unbranched alkanes of at least 4 members (excludes halogenated alkanes) is 2. The van der Waals surface area contributed by atoms with Crippen LogP contribution in [0.2, 0.25) is 0 Å². The summed E-state index contributed by atoms with van der Waals surface area (Å²) in [5.41, 5.74) is 10.3. The van der Waals surface area contributed by atoms with E-state index in [2.05, 4.69) is 67.0 Å². The summed E-state index contributed by atoms with van der Waals surface area (Å²) in [6.07, 6.45) is 20.1. The van der Waals surface area contributed by atoms with Crippen LogP contribution in [0.1, 0.15) is 43.2 Å². The molecule has 0 saturated carbocycles. The quantitative estimate of drug-likeness (QED) is 0.388. The van der Waals surface area contributed by atoms with Crippen LogP contribution in [0.4, 0.5) is 0 Å². The van der Waals surface area contributed by atoms with Crippen molar-refractivity contribution in [3.63, 3.8) is 0 Å². The minimum atomic E-state index is 1.06. The number of aryl methyl sites for hydroxylation is 1. The van der Waals surface area contributed by atoms with Gasteiger partial charge in [-0.2, -0.15) is 0 Å². The zero-order valence-electron chi connectivity index (χ0n) is 13.7. The SMILES string of the molecule is C=Cc1ccccc1CCCCCC1=C=C(C2=CC=CC2)C=C1. The first-order chi connectivity index (χ1) is 11.4. The van der Waals surface area contributed by atoms with Crippen LogP contribution in [-0.2, 0) is 6.42 Å². The van der Waals surface area contributed by atoms with E-state index in [1.807, 2.05) is 6.08 Å². The molecule has 0 radical (unpaired) electrons. The molecule has 0 heteroatoms. The van der Waals surface area contributed by atoms with Gasteiger partial charge in [-0.25, -0.2) is 0 Å². The Hall–Kier alpha value is -2.30. The molecule has 0 atom stereocenters. The van der Waals surface area contributed by atoms with E-state index in [4.69, 9.17) is 0 Å². The Balaban J connectivity index is 1.43. The lowest BCUT2D eigenvalue weighted by molar-refractivity contribution is 0.680. The third-order valence-corrected chi connectivity index (χ3v) is 4.53. The first-order valence-corrected chi connectivity index (χ1v) is 8.61. The standard InChI is InChI=1S/C23H24/c1-2-20-11-6-7-13-21(20)12-5-3-4-10-19-16-17-23(18-19)22-14-8-9-15-22/h2,6-9,11,13-14,16-17H,1,3-5,10,12,15H2. The summed E-state index contributed by atoms with van der Waals surface area (Å²) in [6, 6.07) is 8.57. The molecular weight excluding hydrogens is 276 g/mol. The van der Waals surface area contributed by atoms with Gasteiger partial charge in [0.25, 0.3) is 0 Å². The Kier molecular flexibility index (Phi) is 5.29. The first-order valence-electron chi connectivity index (χ1n) is 8.61. The predicted octanol–water partition coefficient (Wildman–Crippen LogP) is 6.34. The molecule has 0 unspecified atom stereocenters. The lowest BCUT2D eigenvalue weighted by Crippen LogP contribution is -1.89. The monoisotopic (exact) mass is 300 g/mol. The molecule has 0 fully saturated rings. The van der Waals surface area contributed by atoms with E-state index in [0.717, 1.165) is 19.3 Å². The van der Waals surface area contributed by atoms with Crippen LogP contribution in [0.3, 0.4) is 0 Å². The van der Waals surface area contributed by atoms with Gasteiger partial charge in [0.2, 0.25) is 0 Å². The highest BCUT2D eigenvalue weighted by atomic mass is 14.1. The Morgan fingerprint density at radius 2 is 1.91 bits per heavy atom. The van der Waals surface area contributed by atoms with Crippen molar-refractivity contribution in [2.75, 3.05) is 0 Å². The molecule has 0 N–H and O–H groups in total. The molecular formula is C23H24. The minimum Gasteiger partial charge on any atom is -0.109 e. The molecule has 116 valence electrons. The Morgan fingerprint density at radius 1 is 1.04 bits per heavy atom. The van der Waals surface area contributed by atoms with Gasteiger partial charge in [-0.15, -0.1) is 5.73 Å². The Bertz CT molecular complexity index is 731. The zero-order chi connectivity index (χ0) is 15.9. The van der Waals surface area contributed by atoms with E-state index in [-0.39, 0.29) is 0 Å². The maximum Gasteiger partial charge on any atom is 0.0202 e. The molecule has 3 rings (SSSR count). The zero-order valence-corrected chi connectivity index (χ0v) is 13.7. The molecule has 0 aliphatic heterocycles. The molecule has 0 saturated heterocycles. The van der Waals surface area contributed by atoms with E-state index in [1.165, 1.54) is 47.1 Å². The van der Waals surface area contributed by atoms with Gasteiger partial charge in [-0.3, -0.25) is 0 Å². The third-order valence-electron chi connectivity index (χ3n) is 4.53. The molecule has 2 aliphatic rings. The van der Waals surface area contributed by atoms with Crippen molar-refractivity contribution < 1.29 is 0 Å². The number of hydrogen-bond donors (Lipinski definition) is 0. The van der Waals surface area contributed by atoms with E-state index in [1.54, 1.807) is 0 Å². The maximum atomic E-state index is 3.90. The van der Waals surface area contributed by atoms with Crippen LogP contribution < -0.4 is 0 Å². The number of allylic oxidation sites excluding steroid dienone is 7. The van der Waals surface area contributed by atoms with Crippen molar-refractivity contribution in [1.29, 1.82) is 0 Å². The minimum absolute atomic E-state index is 1.06. The van der Waals surface area contributed by atoms with Gasteiger partial charge in [0.05, 0.1) is 0 Å². The molecule has 0 bridgehead atoms. The van der Waals surface area contributed by atoms with Crippen LogP contribution in [0.5, 0.6) is 0 Å². The van der Waals surface area contributed by atoms with Gasteiger partial charge in [-0.05, 0) is 60.5 Å². The number of hydrogen-bond acceptors (Lipinski definition) is 0. The Morgan fingerprint density at radius 3 is 2.74 bits per heavy atom. The summed E-state index contributed by atoms with van der Waals surface area (Å²) in [7, 11) is 0. The lowest BCUT2D eigenvalue weighted by Gasteiger charge is -2.05. The van der Waals surface area contributed by atoms with Crippen LogP contribution in [0.15, 0.2) is 83.7 Å². The largest absolute Gasteiger partial charge is 0.109 e. The fraction of sp³-hybridized carbons (Fsp3) is 0.261. The van der Waals surface area contributed by atoms with Crippen molar-refractivity contribution in [3.05, 3.63) is 94.8 Å². The molecule has 0 spiro atoms. The average Bonchev–Trinajstić information content (AvgIpc) is 3.26. The van der Waals surface area contributed by atoms with Gasteiger partial charge >= 0.3 is 0 Å². The topological polar surface area (TPSA) is 0 Å². The fourth-order valence-corrected chi connectivity index (χ4v) is 3.19. The second-order valence-corrected chi connectivity index (χ2v) is 6.19. The van der Waals surface area contributed by atoms with E-state index in [9.17, 15) is 0 Å². The van der Waals surface area contributed by atoms with Gasteiger partial charge in [0.1, 0.15) is 0 Å². The second-order valence-electron chi connectivity index (χ2n) is 6.19.